The Morgan fingerprint density at radius 1 is 1.33 bits per heavy atom. The van der Waals surface area contributed by atoms with E-state index >= 15 is 0 Å². The number of rotatable bonds is 5. The minimum absolute atomic E-state index is 0.124. The molecule has 1 aliphatic heterocycles. The molecule has 0 aromatic heterocycles. The maximum atomic E-state index is 12.4. The van der Waals surface area contributed by atoms with Crippen LogP contribution in [0.4, 0.5) is 4.79 Å². The van der Waals surface area contributed by atoms with Crippen LogP contribution in [0.15, 0.2) is 29.2 Å². The molecule has 21 heavy (non-hydrogen) atoms. The van der Waals surface area contributed by atoms with Crippen molar-refractivity contribution in [2.24, 2.45) is 0 Å². The van der Waals surface area contributed by atoms with Gasteiger partial charge in [-0.25, -0.2) is 17.9 Å². The number of ether oxygens (including phenoxy) is 1. The minimum Gasteiger partial charge on any atom is -0.448 e. The van der Waals surface area contributed by atoms with Crippen LogP contribution in [0.5, 0.6) is 0 Å². The maximum absolute atomic E-state index is 12.4. The van der Waals surface area contributed by atoms with Crippen molar-refractivity contribution in [3.63, 3.8) is 0 Å². The van der Waals surface area contributed by atoms with E-state index < -0.39 is 21.7 Å². The summed E-state index contributed by atoms with van der Waals surface area (Å²) in [7, 11) is -3.60. The molecule has 0 spiro atoms. The van der Waals surface area contributed by atoms with Gasteiger partial charge in [0.1, 0.15) is 6.61 Å². The van der Waals surface area contributed by atoms with Crippen molar-refractivity contribution < 1.29 is 17.9 Å². The molecule has 1 N–H and O–H groups in total. The Hall–Kier alpha value is -1.60. The predicted molar refractivity (Wildman–Crippen MR) is 78.5 cm³/mol. The zero-order valence-electron chi connectivity index (χ0n) is 12.4. The Kier molecular flexibility index (Phi) is 4.25. The van der Waals surface area contributed by atoms with Crippen LogP contribution in [0.3, 0.4) is 0 Å². The first kappa shape index (κ1) is 15.8. The lowest BCUT2D eigenvalue weighted by molar-refractivity contribution is 0.127. The summed E-state index contributed by atoms with van der Waals surface area (Å²) < 4.78 is 32.2. The van der Waals surface area contributed by atoms with Crippen LogP contribution in [0.1, 0.15) is 19.4 Å². The summed E-state index contributed by atoms with van der Waals surface area (Å²) in [4.78, 5) is 13.4. The molecule has 0 atom stereocenters. The van der Waals surface area contributed by atoms with E-state index in [9.17, 15) is 13.2 Å². The highest BCUT2D eigenvalue weighted by Crippen LogP contribution is 2.20. The van der Waals surface area contributed by atoms with Crippen LogP contribution < -0.4 is 4.72 Å². The van der Waals surface area contributed by atoms with Crippen molar-refractivity contribution in [1.29, 1.82) is 0 Å². The molecule has 1 aliphatic rings. The first-order chi connectivity index (χ1) is 9.74. The molecule has 0 saturated carbocycles. The number of benzene rings is 1. The second kappa shape index (κ2) is 5.65. The van der Waals surface area contributed by atoms with E-state index in [2.05, 4.69) is 4.72 Å². The first-order valence-corrected chi connectivity index (χ1v) is 8.22. The van der Waals surface area contributed by atoms with Crippen LogP contribution >= 0.6 is 0 Å². The summed E-state index contributed by atoms with van der Waals surface area (Å²) in [5.74, 6) is 0. The summed E-state index contributed by atoms with van der Waals surface area (Å²) in [6.07, 6.45) is -0.407. The van der Waals surface area contributed by atoms with Crippen molar-refractivity contribution >= 4 is 16.1 Å². The van der Waals surface area contributed by atoms with E-state index in [0.29, 0.717) is 18.7 Å². The number of sulfonamides is 1. The monoisotopic (exact) mass is 312 g/mol. The van der Waals surface area contributed by atoms with Crippen LogP contribution in [-0.4, -0.2) is 44.6 Å². The van der Waals surface area contributed by atoms with Gasteiger partial charge in [-0.15, -0.1) is 0 Å². The second-order valence-corrected chi connectivity index (χ2v) is 7.40. The Balaban J connectivity index is 2.11. The first-order valence-electron chi connectivity index (χ1n) is 6.74. The fourth-order valence-corrected chi connectivity index (χ4v) is 3.69. The third kappa shape index (κ3) is 3.36. The summed E-state index contributed by atoms with van der Waals surface area (Å²) in [5.41, 5.74) is 0.0342. The predicted octanol–water partition coefficient (Wildman–Crippen LogP) is 1.50. The molecule has 116 valence electrons. The van der Waals surface area contributed by atoms with Gasteiger partial charge in [0.15, 0.2) is 0 Å². The smallest absolute Gasteiger partial charge is 0.410 e. The molecule has 0 unspecified atom stereocenters. The Bertz CT molecular complexity index is 640. The number of cyclic esters (lactones) is 1. The summed E-state index contributed by atoms with van der Waals surface area (Å²) in [5, 5.41) is 0. The normalized spacial score (nSPS) is 16.1. The number of carbonyl (C=O) groups is 1. The second-order valence-electron chi connectivity index (χ2n) is 5.67. The standard InChI is InChI=1S/C14H20N2O4S/c1-11-6-4-5-7-12(11)21(18,19)15-10-14(2,3)16-8-9-20-13(16)17/h4-7,15H,8-10H2,1-3H3. The van der Waals surface area contributed by atoms with Crippen LogP contribution in [0.25, 0.3) is 0 Å². The molecule has 7 heteroatoms. The molecular weight excluding hydrogens is 292 g/mol. The zero-order chi connectivity index (χ0) is 15.7. The van der Waals surface area contributed by atoms with Gasteiger partial charge in [-0.2, -0.15) is 0 Å². The van der Waals surface area contributed by atoms with Gasteiger partial charge in [-0.05, 0) is 32.4 Å². The number of hydrogen-bond donors (Lipinski definition) is 1. The highest BCUT2D eigenvalue weighted by molar-refractivity contribution is 7.89. The molecule has 1 saturated heterocycles. The van der Waals surface area contributed by atoms with E-state index in [0.717, 1.165) is 0 Å². The summed E-state index contributed by atoms with van der Waals surface area (Å²) >= 11 is 0. The molecule has 1 aromatic rings. The van der Waals surface area contributed by atoms with Crippen molar-refractivity contribution in [2.45, 2.75) is 31.2 Å². The van der Waals surface area contributed by atoms with E-state index in [-0.39, 0.29) is 11.4 Å². The minimum atomic E-state index is -3.60. The molecule has 0 bridgehead atoms. The SMILES string of the molecule is Cc1ccccc1S(=O)(=O)NCC(C)(C)N1CCOC1=O. The molecule has 2 rings (SSSR count). The molecule has 1 heterocycles. The molecule has 0 radical (unpaired) electrons. The van der Waals surface area contributed by atoms with E-state index in [1.54, 1.807) is 45.0 Å². The third-order valence-corrected chi connectivity index (χ3v) is 5.13. The largest absolute Gasteiger partial charge is 0.448 e. The Morgan fingerprint density at radius 2 is 2.00 bits per heavy atom. The van der Waals surface area contributed by atoms with E-state index in [1.165, 1.54) is 4.90 Å². The number of amides is 1. The lowest BCUT2D eigenvalue weighted by Crippen LogP contribution is -2.52. The average Bonchev–Trinajstić information content (AvgIpc) is 2.84. The van der Waals surface area contributed by atoms with Gasteiger partial charge in [0.2, 0.25) is 10.0 Å². The Labute approximate surface area is 125 Å². The average molecular weight is 312 g/mol. The number of nitrogens with one attached hydrogen (secondary N) is 1. The number of aryl methyl sites for hydroxylation is 1. The van der Waals surface area contributed by atoms with Crippen molar-refractivity contribution in [3.8, 4) is 0 Å². The lowest BCUT2D eigenvalue weighted by Gasteiger charge is -2.33. The quantitative estimate of drug-likeness (QED) is 0.894. The highest BCUT2D eigenvalue weighted by atomic mass is 32.2. The van der Waals surface area contributed by atoms with Gasteiger partial charge in [-0.1, -0.05) is 18.2 Å². The number of nitrogens with zero attached hydrogens (tertiary/aromatic N) is 1. The third-order valence-electron chi connectivity index (χ3n) is 3.57. The molecular formula is C14H20N2O4S. The van der Waals surface area contributed by atoms with Gasteiger partial charge < -0.3 is 4.74 Å². The van der Waals surface area contributed by atoms with Gasteiger partial charge in [0, 0.05) is 6.54 Å². The Morgan fingerprint density at radius 3 is 2.57 bits per heavy atom. The highest BCUT2D eigenvalue weighted by Gasteiger charge is 2.36. The van der Waals surface area contributed by atoms with Crippen LogP contribution in [0.2, 0.25) is 0 Å². The summed E-state index contributed by atoms with van der Waals surface area (Å²) in [6.45, 7) is 6.29. The van der Waals surface area contributed by atoms with Gasteiger partial charge >= 0.3 is 6.09 Å². The number of carbonyl (C=O) groups excluding carboxylic acids is 1. The van der Waals surface area contributed by atoms with Crippen LogP contribution in [-0.2, 0) is 14.8 Å². The fourth-order valence-electron chi connectivity index (χ4n) is 2.25. The van der Waals surface area contributed by atoms with Crippen molar-refractivity contribution in [1.82, 2.24) is 9.62 Å². The van der Waals surface area contributed by atoms with Gasteiger partial charge in [-0.3, -0.25) is 4.90 Å². The lowest BCUT2D eigenvalue weighted by atomic mass is 10.0. The molecule has 1 aromatic carbocycles. The maximum Gasteiger partial charge on any atom is 0.410 e. The molecule has 1 amide bonds. The van der Waals surface area contributed by atoms with Crippen molar-refractivity contribution in [2.75, 3.05) is 19.7 Å². The molecule has 1 fully saturated rings. The topological polar surface area (TPSA) is 75.7 Å². The fraction of sp³-hybridized carbons (Fsp3) is 0.500. The van der Waals surface area contributed by atoms with Crippen molar-refractivity contribution in [3.05, 3.63) is 29.8 Å². The molecule has 6 nitrogen and oxygen atoms in total. The molecule has 0 aliphatic carbocycles. The summed E-state index contributed by atoms with van der Waals surface area (Å²) in [6, 6.07) is 6.79. The van der Waals surface area contributed by atoms with Gasteiger partial charge in [0.05, 0.1) is 17.0 Å². The van der Waals surface area contributed by atoms with E-state index in [4.69, 9.17) is 4.74 Å². The van der Waals surface area contributed by atoms with Crippen LogP contribution in [0, 0.1) is 6.92 Å². The number of hydrogen-bond acceptors (Lipinski definition) is 4. The van der Waals surface area contributed by atoms with Gasteiger partial charge in [0.25, 0.3) is 0 Å². The van der Waals surface area contributed by atoms with E-state index in [1.807, 2.05) is 0 Å². The zero-order valence-corrected chi connectivity index (χ0v) is 13.2.